The quantitative estimate of drug-likeness (QED) is 0.613. The Kier molecular flexibility index (Phi) is 7.60. The Morgan fingerprint density at radius 3 is 2.71 bits per heavy atom. The second kappa shape index (κ2) is 10.1. The molecule has 1 N–H and O–H groups in total. The van der Waals surface area contributed by atoms with Crippen molar-refractivity contribution in [2.24, 2.45) is 11.8 Å². The van der Waals surface area contributed by atoms with Gasteiger partial charge in [0.1, 0.15) is 0 Å². The van der Waals surface area contributed by atoms with Crippen molar-refractivity contribution >= 4 is 29.3 Å². The molecule has 2 atom stereocenters. The first kappa shape index (κ1) is 21.0. The zero-order valence-corrected chi connectivity index (χ0v) is 17.5. The van der Waals surface area contributed by atoms with Gasteiger partial charge in [0.25, 0.3) is 5.91 Å². The number of halogens is 1. The summed E-state index contributed by atoms with van der Waals surface area (Å²) in [5.74, 6) is 1.40. The third-order valence-electron chi connectivity index (χ3n) is 6.01. The molecule has 1 heterocycles. The fourth-order valence-electron chi connectivity index (χ4n) is 4.39. The second-order valence-electron chi connectivity index (χ2n) is 8.01. The first-order chi connectivity index (χ1) is 13.6. The van der Waals surface area contributed by atoms with Crippen LogP contribution in [0.1, 0.15) is 68.6 Å². The van der Waals surface area contributed by atoms with Crippen LogP contribution in [-0.2, 0) is 4.74 Å². The van der Waals surface area contributed by atoms with Crippen LogP contribution in [0, 0.1) is 11.8 Å². The van der Waals surface area contributed by atoms with Crippen LogP contribution in [0.3, 0.4) is 0 Å². The van der Waals surface area contributed by atoms with Gasteiger partial charge in [0.2, 0.25) is 0 Å². The van der Waals surface area contributed by atoms with E-state index in [0.717, 1.165) is 44.7 Å². The summed E-state index contributed by atoms with van der Waals surface area (Å²) in [4.78, 5) is 26.7. The third-order valence-corrected chi connectivity index (χ3v) is 6.32. The molecule has 0 radical (unpaired) electrons. The molecule has 0 unspecified atom stereocenters. The number of anilines is 1. The lowest BCUT2D eigenvalue weighted by Crippen LogP contribution is -2.44. The summed E-state index contributed by atoms with van der Waals surface area (Å²) in [5.41, 5.74) is 1.03. The van der Waals surface area contributed by atoms with Gasteiger partial charge in [0, 0.05) is 18.8 Å². The Balaban J connectivity index is 1.56. The lowest BCUT2D eigenvalue weighted by atomic mass is 9.75. The number of amides is 2. The Bertz CT molecular complexity index is 694. The van der Waals surface area contributed by atoms with E-state index in [1.165, 1.54) is 25.7 Å². The van der Waals surface area contributed by atoms with E-state index in [0.29, 0.717) is 28.8 Å². The van der Waals surface area contributed by atoms with E-state index in [-0.39, 0.29) is 5.91 Å². The number of carbonyl (C=O) groups is 2. The number of unbranched alkanes of at least 4 members (excludes halogenated alkanes) is 2. The average molecular weight is 407 g/mol. The van der Waals surface area contributed by atoms with Gasteiger partial charge in [0.05, 0.1) is 17.2 Å². The second-order valence-corrected chi connectivity index (χ2v) is 8.41. The highest BCUT2D eigenvalue weighted by atomic mass is 35.5. The first-order valence-electron chi connectivity index (χ1n) is 10.6. The van der Waals surface area contributed by atoms with Crippen molar-refractivity contribution in [3.05, 3.63) is 28.8 Å². The van der Waals surface area contributed by atoms with Crippen molar-refractivity contribution in [3.8, 4) is 0 Å². The molecule has 1 aliphatic carbocycles. The third kappa shape index (κ3) is 5.40. The Morgan fingerprint density at radius 1 is 1.18 bits per heavy atom. The van der Waals surface area contributed by atoms with Crippen molar-refractivity contribution in [1.82, 2.24) is 4.90 Å². The maximum absolute atomic E-state index is 13.0. The Hall–Kier alpha value is -1.75. The highest BCUT2D eigenvalue weighted by Gasteiger charge is 2.33. The largest absolute Gasteiger partial charge is 0.449 e. The molecule has 154 valence electrons. The van der Waals surface area contributed by atoms with E-state index in [1.807, 2.05) is 4.90 Å². The van der Waals surface area contributed by atoms with Crippen LogP contribution in [0.25, 0.3) is 0 Å². The zero-order valence-electron chi connectivity index (χ0n) is 16.7. The molecule has 0 spiro atoms. The summed E-state index contributed by atoms with van der Waals surface area (Å²) >= 11 is 6.37. The minimum atomic E-state index is -0.495. The number of benzene rings is 1. The van der Waals surface area contributed by atoms with Crippen LogP contribution in [0.5, 0.6) is 0 Å². The van der Waals surface area contributed by atoms with Gasteiger partial charge >= 0.3 is 6.09 Å². The molecule has 28 heavy (non-hydrogen) atoms. The lowest BCUT2D eigenvalue weighted by molar-refractivity contribution is 0.0521. The summed E-state index contributed by atoms with van der Waals surface area (Å²) in [6.45, 7) is 4.15. The molecular formula is C22H31ClN2O3. The normalized spacial score (nSPS) is 21.7. The number of hydrogen-bond donors (Lipinski definition) is 1. The molecular weight excluding hydrogens is 376 g/mol. The fourth-order valence-corrected chi connectivity index (χ4v) is 4.65. The topological polar surface area (TPSA) is 58.6 Å². The first-order valence-corrected chi connectivity index (χ1v) is 11.0. The summed E-state index contributed by atoms with van der Waals surface area (Å²) in [7, 11) is 0. The maximum atomic E-state index is 13.0. The van der Waals surface area contributed by atoms with Crippen molar-refractivity contribution in [3.63, 3.8) is 0 Å². The molecule has 0 bridgehead atoms. The van der Waals surface area contributed by atoms with Gasteiger partial charge in [-0.05, 0) is 49.3 Å². The van der Waals surface area contributed by atoms with Gasteiger partial charge in [0.15, 0.2) is 0 Å². The molecule has 6 heteroatoms. The fraction of sp³-hybridized carbons (Fsp3) is 0.636. The van der Waals surface area contributed by atoms with Crippen molar-refractivity contribution in [2.75, 3.05) is 25.0 Å². The number of hydrogen-bond acceptors (Lipinski definition) is 3. The van der Waals surface area contributed by atoms with E-state index in [1.54, 1.807) is 18.2 Å². The smallest absolute Gasteiger partial charge is 0.411 e. The molecule has 2 aliphatic rings. The van der Waals surface area contributed by atoms with Crippen molar-refractivity contribution in [1.29, 1.82) is 0 Å². The molecule has 1 aromatic rings. The van der Waals surface area contributed by atoms with E-state index in [2.05, 4.69) is 12.2 Å². The van der Waals surface area contributed by atoms with Crippen LogP contribution >= 0.6 is 11.6 Å². The molecule has 0 aromatic heterocycles. The average Bonchev–Trinajstić information content (AvgIpc) is 2.70. The van der Waals surface area contributed by atoms with E-state index < -0.39 is 6.09 Å². The minimum Gasteiger partial charge on any atom is -0.449 e. The maximum Gasteiger partial charge on any atom is 0.411 e. The van der Waals surface area contributed by atoms with Crippen LogP contribution in [0.4, 0.5) is 10.5 Å². The predicted molar refractivity (Wildman–Crippen MR) is 112 cm³/mol. The summed E-state index contributed by atoms with van der Waals surface area (Å²) in [6, 6.07) is 5.03. The van der Waals surface area contributed by atoms with Crippen molar-refractivity contribution in [2.45, 2.75) is 58.3 Å². The number of piperidine rings is 1. The number of rotatable bonds is 6. The van der Waals surface area contributed by atoms with Crippen molar-refractivity contribution < 1.29 is 14.3 Å². The number of fused-ring (bicyclic) bond motifs is 1. The molecule has 1 aliphatic heterocycles. The molecule has 5 nitrogen and oxygen atoms in total. The molecule has 2 fully saturated rings. The molecule has 3 rings (SSSR count). The highest BCUT2D eigenvalue weighted by Crippen LogP contribution is 2.36. The number of likely N-dealkylation sites (tertiary alicyclic amines) is 1. The SMILES string of the molecule is CCCCCOC(=O)Nc1ccc(C(=O)N2CC[C@@H]3CCCC[C@H]3C2)c(Cl)c1. The Labute approximate surface area is 172 Å². The number of nitrogens with one attached hydrogen (secondary N) is 1. The summed E-state index contributed by atoms with van der Waals surface area (Å²) in [5, 5.41) is 3.03. The van der Waals surface area contributed by atoms with Gasteiger partial charge in [-0.25, -0.2) is 4.79 Å². The van der Waals surface area contributed by atoms with Crippen LogP contribution < -0.4 is 5.32 Å². The van der Waals surface area contributed by atoms with Gasteiger partial charge in [-0.1, -0.05) is 50.6 Å². The van der Waals surface area contributed by atoms with E-state index >= 15 is 0 Å². The van der Waals surface area contributed by atoms with Crippen LogP contribution in [0.2, 0.25) is 5.02 Å². The van der Waals surface area contributed by atoms with Gasteiger partial charge in [-0.3, -0.25) is 10.1 Å². The lowest BCUT2D eigenvalue weighted by Gasteiger charge is -2.41. The minimum absolute atomic E-state index is 0.0114. The van der Waals surface area contributed by atoms with E-state index in [4.69, 9.17) is 16.3 Å². The van der Waals surface area contributed by atoms with Gasteiger partial charge in [-0.2, -0.15) is 0 Å². The van der Waals surface area contributed by atoms with Crippen LogP contribution in [0.15, 0.2) is 18.2 Å². The highest BCUT2D eigenvalue weighted by molar-refractivity contribution is 6.34. The predicted octanol–water partition coefficient (Wildman–Crippen LogP) is 5.73. The molecule has 1 saturated heterocycles. The van der Waals surface area contributed by atoms with Gasteiger partial charge < -0.3 is 9.64 Å². The summed E-state index contributed by atoms with van der Waals surface area (Å²) < 4.78 is 5.14. The molecule has 2 amide bonds. The zero-order chi connectivity index (χ0) is 19.9. The Morgan fingerprint density at radius 2 is 1.96 bits per heavy atom. The number of ether oxygens (including phenoxy) is 1. The number of carbonyl (C=O) groups excluding carboxylic acids is 2. The monoisotopic (exact) mass is 406 g/mol. The number of nitrogens with zero attached hydrogens (tertiary/aromatic N) is 1. The van der Waals surface area contributed by atoms with E-state index in [9.17, 15) is 9.59 Å². The molecule has 1 saturated carbocycles. The standard InChI is InChI=1S/C22H31ClN2O3/c1-2-3-6-13-28-22(27)24-18-9-10-19(20(23)14-18)21(26)25-12-11-16-7-4-5-8-17(16)15-25/h9-10,14,16-17H,2-8,11-13,15H2,1H3,(H,24,27)/t16-,17-/m0/s1. The van der Waals surface area contributed by atoms with Gasteiger partial charge in [-0.15, -0.1) is 0 Å². The van der Waals surface area contributed by atoms with Crippen LogP contribution in [-0.4, -0.2) is 36.6 Å². The summed E-state index contributed by atoms with van der Waals surface area (Å²) in [6.07, 6.45) is 8.71. The molecule has 1 aromatic carbocycles.